The number of rotatable bonds is 5. The third-order valence-electron chi connectivity index (χ3n) is 3.46. The van der Waals surface area contributed by atoms with E-state index in [1.807, 2.05) is 35.2 Å². The van der Waals surface area contributed by atoms with Crippen LogP contribution in [0.25, 0.3) is 0 Å². The molecule has 0 aliphatic carbocycles. The fraction of sp³-hybridized carbons (Fsp3) is 0.500. The molecule has 0 aromatic heterocycles. The van der Waals surface area contributed by atoms with Gasteiger partial charge in [0.25, 0.3) is 0 Å². The number of amides is 1. The van der Waals surface area contributed by atoms with Gasteiger partial charge in [0, 0.05) is 19.6 Å². The standard InChI is InChI=1S/C14H19NO2S/c16-7-6-13(12-4-2-1-3-5-12)15-9-11(10-18)8-14(15)17/h1-5,11,13,16,18H,6-10H2. The molecular formula is C14H19NO2S. The Morgan fingerprint density at radius 2 is 2.11 bits per heavy atom. The first-order valence-electron chi connectivity index (χ1n) is 6.32. The molecule has 1 amide bonds. The molecule has 0 radical (unpaired) electrons. The molecule has 2 rings (SSSR count). The monoisotopic (exact) mass is 265 g/mol. The van der Waals surface area contributed by atoms with Gasteiger partial charge in [-0.3, -0.25) is 4.79 Å². The fourth-order valence-electron chi connectivity index (χ4n) is 2.53. The Morgan fingerprint density at radius 1 is 1.39 bits per heavy atom. The molecule has 0 spiro atoms. The fourth-order valence-corrected chi connectivity index (χ4v) is 2.78. The first-order valence-corrected chi connectivity index (χ1v) is 6.95. The van der Waals surface area contributed by atoms with E-state index in [1.165, 1.54) is 0 Å². The smallest absolute Gasteiger partial charge is 0.223 e. The van der Waals surface area contributed by atoms with Crippen LogP contribution in [0.2, 0.25) is 0 Å². The van der Waals surface area contributed by atoms with E-state index in [0.717, 1.165) is 17.9 Å². The molecule has 1 aliphatic rings. The number of nitrogens with zero attached hydrogens (tertiary/aromatic N) is 1. The summed E-state index contributed by atoms with van der Waals surface area (Å²) >= 11 is 4.28. The Labute approximate surface area is 113 Å². The number of aliphatic hydroxyl groups excluding tert-OH is 1. The molecule has 4 heteroatoms. The molecule has 1 aromatic carbocycles. The third-order valence-corrected chi connectivity index (χ3v) is 3.98. The predicted octanol–water partition coefficient (Wildman–Crippen LogP) is 1.89. The van der Waals surface area contributed by atoms with Crippen LogP contribution in [0.5, 0.6) is 0 Å². The predicted molar refractivity (Wildman–Crippen MR) is 74.6 cm³/mol. The summed E-state index contributed by atoms with van der Waals surface area (Å²) in [5.74, 6) is 1.25. The summed E-state index contributed by atoms with van der Waals surface area (Å²) < 4.78 is 0. The molecule has 2 atom stereocenters. The summed E-state index contributed by atoms with van der Waals surface area (Å²) in [6.07, 6.45) is 1.17. The van der Waals surface area contributed by atoms with Gasteiger partial charge < -0.3 is 10.0 Å². The van der Waals surface area contributed by atoms with Gasteiger partial charge >= 0.3 is 0 Å². The molecule has 1 N–H and O–H groups in total. The van der Waals surface area contributed by atoms with Crippen molar-refractivity contribution in [3.8, 4) is 0 Å². The van der Waals surface area contributed by atoms with Gasteiger partial charge in [0.2, 0.25) is 5.91 Å². The van der Waals surface area contributed by atoms with E-state index >= 15 is 0 Å². The Balaban J connectivity index is 2.18. The quantitative estimate of drug-likeness (QED) is 0.798. The van der Waals surface area contributed by atoms with Crippen LogP contribution in [-0.2, 0) is 4.79 Å². The van der Waals surface area contributed by atoms with Crippen LogP contribution in [0.4, 0.5) is 0 Å². The SMILES string of the molecule is O=C1CC(CS)CN1C(CCO)c1ccccc1. The van der Waals surface area contributed by atoms with Crippen LogP contribution in [0, 0.1) is 5.92 Å². The highest BCUT2D eigenvalue weighted by atomic mass is 32.1. The van der Waals surface area contributed by atoms with Crippen LogP contribution in [0.15, 0.2) is 30.3 Å². The lowest BCUT2D eigenvalue weighted by molar-refractivity contribution is -0.130. The molecular weight excluding hydrogens is 246 g/mol. The third kappa shape index (κ3) is 2.87. The van der Waals surface area contributed by atoms with Crippen LogP contribution in [-0.4, -0.2) is 34.8 Å². The number of aliphatic hydroxyl groups is 1. The van der Waals surface area contributed by atoms with Crippen molar-refractivity contribution in [3.05, 3.63) is 35.9 Å². The van der Waals surface area contributed by atoms with E-state index in [0.29, 0.717) is 18.8 Å². The number of carbonyl (C=O) groups excluding carboxylic acids is 1. The summed E-state index contributed by atoms with van der Waals surface area (Å²) in [5.41, 5.74) is 1.10. The van der Waals surface area contributed by atoms with Gasteiger partial charge in [0.1, 0.15) is 0 Å². The van der Waals surface area contributed by atoms with Gasteiger partial charge in [-0.1, -0.05) is 30.3 Å². The molecule has 18 heavy (non-hydrogen) atoms. The van der Waals surface area contributed by atoms with Crippen molar-refractivity contribution in [1.29, 1.82) is 0 Å². The zero-order valence-electron chi connectivity index (χ0n) is 10.3. The minimum absolute atomic E-state index is 0.00594. The van der Waals surface area contributed by atoms with Crippen molar-refractivity contribution in [2.45, 2.75) is 18.9 Å². The Morgan fingerprint density at radius 3 is 2.67 bits per heavy atom. The number of hydrogen-bond acceptors (Lipinski definition) is 3. The molecule has 1 aromatic rings. The number of thiol groups is 1. The van der Waals surface area contributed by atoms with Gasteiger partial charge in [-0.15, -0.1) is 0 Å². The maximum atomic E-state index is 12.0. The molecule has 3 nitrogen and oxygen atoms in total. The van der Waals surface area contributed by atoms with Crippen LogP contribution in [0.3, 0.4) is 0 Å². The van der Waals surface area contributed by atoms with Gasteiger partial charge in [0.15, 0.2) is 0 Å². The number of carbonyl (C=O) groups is 1. The molecule has 2 unspecified atom stereocenters. The second kappa shape index (κ2) is 6.25. The molecule has 1 saturated heterocycles. The largest absolute Gasteiger partial charge is 0.396 e. The van der Waals surface area contributed by atoms with E-state index in [1.54, 1.807) is 0 Å². The lowest BCUT2D eigenvalue weighted by Crippen LogP contribution is -2.31. The highest BCUT2D eigenvalue weighted by Gasteiger charge is 2.33. The summed E-state index contributed by atoms with van der Waals surface area (Å²) in [6.45, 7) is 0.844. The second-order valence-electron chi connectivity index (χ2n) is 4.74. The normalized spacial score (nSPS) is 21.3. The van der Waals surface area contributed by atoms with Crippen molar-refractivity contribution in [1.82, 2.24) is 4.90 Å². The highest BCUT2D eigenvalue weighted by Crippen LogP contribution is 2.31. The van der Waals surface area contributed by atoms with Gasteiger partial charge in [0.05, 0.1) is 6.04 Å². The van der Waals surface area contributed by atoms with Crippen molar-refractivity contribution < 1.29 is 9.90 Å². The Kier molecular flexibility index (Phi) is 4.66. The van der Waals surface area contributed by atoms with Crippen molar-refractivity contribution in [2.75, 3.05) is 18.9 Å². The summed E-state index contributed by atoms with van der Waals surface area (Å²) in [6, 6.07) is 9.92. The van der Waals surface area contributed by atoms with Gasteiger partial charge in [-0.25, -0.2) is 0 Å². The second-order valence-corrected chi connectivity index (χ2v) is 5.10. The Hall–Kier alpha value is -1.00. The van der Waals surface area contributed by atoms with Crippen LogP contribution < -0.4 is 0 Å². The number of hydrogen-bond donors (Lipinski definition) is 2. The van der Waals surface area contributed by atoms with Crippen molar-refractivity contribution in [2.24, 2.45) is 5.92 Å². The average molecular weight is 265 g/mol. The van der Waals surface area contributed by atoms with Crippen LogP contribution >= 0.6 is 12.6 Å². The minimum Gasteiger partial charge on any atom is -0.396 e. The summed E-state index contributed by atoms with van der Waals surface area (Å²) in [7, 11) is 0. The maximum Gasteiger partial charge on any atom is 0.223 e. The summed E-state index contributed by atoms with van der Waals surface area (Å²) in [5, 5.41) is 9.21. The van der Waals surface area contributed by atoms with E-state index in [9.17, 15) is 9.90 Å². The number of likely N-dealkylation sites (tertiary alicyclic amines) is 1. The zero-order valence-corrected chi connectivity index (χ0v) is 11.2. The van der Waals surface area contributed by atoms with Gasteiger partial charge in [-0.2, -0.15) is 12.6 Å². The Bertz CT molecular complexity index is 396. The lowest BCUT2D eigenvalue weighted by Gasteiger charge is -2.28. The van der Waals surface area contributed by atoms with E-state index < -0.39 is 0 Å². The average Bonchev–Trinajstić information content (AvgIpc) is 2.78. The lowest BCUT2D eigenvalue weighted by atomic mass is 10.0. The number of benzene rings is 1. The van der Waals surface area contributed by atoms with Crippen molar-refractivity contribution >= 4 is 18.5 Å². The van der Waals surface area contributed by atoms with E-state index in [-0.39, 0.29) is 18.6 Å². The van der Waals surface area contributed by atoms with Crippen LogP contribution in [0.1, 0.15) is 24.4 Å². The zero-order chi connectivity index (χ0) is 13.0. The minimum atomic E-state index is -0.00594. The topological polar surface area (TPSA) is 40.5 Å². The first kappa shape index (κ1) is 13.4. The van der Waals surface area contributed by atoms with E-state index in [4.69, 9.17) is 0 Å². The highest BCUT2D eigenvalue weighted by molar-refractivity contribution is 7.80. The maximum absolute atomic E-state index is 12.0. The molecule has 98 valence electrons. The van der Waals surface area contributed by atoms with E-state index in [2.05, 4.69) is 12.6 Å². The molecule has 0 saturated carbocycles. The first-order chi connectivity index (χ1) is 8.76. The summed E-state index contributed by atoms with van der Waals surface area (Å²) in [4.78, 5) is 13.9. The molecule has 1 heterocycles. The molecule has 0 bridgehead atoms. The van der Waals surface area contributed by atoms with Crippen molar-refractivity contribution in [3.63, 3.8) is 0 Å². The molecule has 1 aliphatic heterocycles. The molecule has 1 fully saturated rings. The van der Waals surface area contributed by atoms with Gasteiger partial charge in [-0.05, 0) is 23.7 Å².